The Bertz CT molecular complexity index is 851. The van der Waals surface area contributed by atoms with Crippen LogP contribution in [-0.4, -0.2) is 9.97 Å². The molecule has 23 heavy (non-hydrogen) atoms. The third-order valence-electron chi connectivity index (χ3n) is 3.15. The van der Waals surface area contributed by atoms with Gasteiger partial charge in [0.2, 0.25) is 0 Å². The van der Waals surface area contributed by atoms with Crippen LogP contribution in [0.25, 0.3) is 21.8 Å². The summed E-state index contributed by atoms with van der Waals surface area (Å²) in [5.74, 6) is -0.354. The first-order valence-corrected chi connectivity index (χ1v) is 6.78. The largest absolute Gasteiger partial charge is 2.00 e. The minimum atomic E-state index is -0.177. The summed E-state index contributed by atoms with van der Waals surface area (Å²) in [6.45, 7) is 0. The summed E-state index contributed by atoms with van der Waals surface area (Å²) < 4.78 is 0. The van der Waals surface area contributed by atoms with Crippen LogP contribution in [0.3, 0.4) is 0 Å². The molecule has 0 bridgehead atoms. The quantitative estimate of drug-likeness (QED) is 0.460. The van der Waals surface area contributed by atoms with Crippen molar-refractivity contribution in [3.63, 3.8) is 0 Å². The van der Waals surface area contributed by atoms with E-state index in [4.69, 9.17) is 0 Å². The molecule has 113 valence electrons. The van der Waals surface area contributed by atoms with Crippen LogP contribution in [0.5, 0.6) is 11.8 Å². The molecule has 4 rings (SSSR count). The molecule has 5 heteroatoms. The van der Waals surface area contributed by atoms with Gasteiger partial charge in [-0.15, -0.1) is 0 Å². The van der Waals surface area contributed by atoms with E-state index in [-0.39, 0.29) is 28.8 Å². The molecule has 0 saturated heterocycles. The van der Waals surface area contributed by atoms with Crippen molar-refractivity contribution in [3.05, 3.63) is 72.8 Å². The van der Waals surface area contributed by atoms with Gasteiger partial charge in [0.25, 0.3) is 0 Å². The van der Waals surface area contributed by atoms with Gasteiger partial charge in [-0.25, -0.2) is 0 Å². The predicted molar refractivity (Wildman–Crippen MR) is 82.4 cm³/mol. The Labute approximate surface area is 143 Å². The summed E-state index contributed by atoms with van der Waals surface area (Å²) in [5.41, 5.74) is 1.53. The Morgan fingerprint density at radius 1 is 0.522 bits per heavy atom. The SMILES string of the molecule is [Mn+2].[O-]c1ccc2ccccc2n1.[O-]c1ccc2ccccc2n1. The van der Waals surface area contributed by atoms with Gasteiger partial charge in [0.05, 0.1) is 11.0 Å². The second kappa shape index (κ2) is 7.58. The molecule has 0 atom stereocenters. The Morgan fingerprint density at radius 3 is 1.35 bits per heavy atom. The standard InChI is InChI=1S/2C9H7NO.Mn/c2*11-9-6-5-7-3-1-2-4-8(7)10-9;/h2*1-6H,(H,10,11);/q;;+2/p-2. The van der Waals surface area contributed by atoms with E-state index >= 15 is 0 Å². The molecule has 4 nitrogen and oxygen atoms in total. The van der Waals surface area contributed by atoms with Crippen molar-refractivity contribution in [2.24, 2.45) is 0 Å². The van der Waals surface area contributed by atoms with Gasteiger partial charge in [-0.2, -0.15) is 0 Å². The fourth-order valence-corrected chi connectivity index (χ4v) is 2.09. The molecule has 0 N–H and O–H groups in total. The maximum absolute atomic E-state index is 10.8. The maximum atomic E-state index is 10.8. The summed E-state index contributed by atoms with van der Waals surface area (Å²) >= 11 is 0. The monoisotopic (exact) mass is 343 g/mol. The predicted octanol–water partition coefficient (Wildman–Crippen LogP) is 2.61. The van der Waals surface area contributed by atoms with Gasteiger partial charge < -0.3 is 10.2 Å². The molecule has 0 unspecified atom stereocenters. The molecule has 0 aliphatic heterocycles. The molecule has 2 heterocycles. The summed E-state index contributed by atoms with van der Waals surface area (Å²) in [7, 11) is 0. The Hall–Kier alpha value is -2.62. The molecular weight excluding hydrogens is 331 g/mol. The number of hydrogen-bond donors (Lipinski definition) is 0. The number of aromatic nitrogens is 2. The molecule has 0 aliphatic rings. The van der Waals surface area contributed by atoms with Crippen LogP contribution in [0.1, 0.15) is 0 Å². The first-order chi connectivity index (χ1) is 10.7. The van der Waals surface area contributed by atoms with Crippen molar-refractivity contribution in [1.29, 1.82) is 0 Å². The smallest absolute Gasteiger partial charge is 0.859 e. The number of pyridine rings is 2. The van der Waals surface area contributed by atoms with Gasteiger partial charge in [-0.3, -0.25) is 9.97 Å². The second-order valence-electron chi connectivity index (χ2n) is 4.68. The first-order valence-electron chi connectivity index (χ1n) is 6.78. The zero-order valence-electron chi connectivity index (χ0n) is 12.0. The first kappa shape index (κ1) is 16.7. The molecule has 0 aliphatic carbocycles. The van der Waals surface area contributed by atoms with E-state index in [9.17, 15) is 10.2 Å². The van der Waals surface area contributed by atoms with Gasteiger partial charge in [-0.05, 0) is 23.9 Å². The van der Waals surface area contributed by atoms with Crippen LogP contribution in [0.15, 0.2) is 72.8 Å². The Morgan fingerprint density at radius 2 is 0.913 bits per heavy atom. The number of nitrogens with zero attached hydrogens (tertiary/aromatic N) is 2. The minimum absolute atomic E-state index is 0. The van der Waals surface area contributed by atoms with Gasteiger partial charge in [0.15, 0.2) is 0 Å². The van der Waals surface area contributed by atoms with Crippen molar-refractivity contribution >= 4 is 21.8 Å². The van der Waals surface area contributed by atoms with Gasteiger partial charge >= 0.3 is 17.1 Å². The molecule has 4 aromatic rings. The summed E-state index contributed by atoms with van der Waals surface area (Å²) in [6.07, 6.45) is 0. The van der Waals surface area contributed by atoms with Gasteiger partial charge in [-0.1, -0.05) is 60.7 Å². The topological polar surface area (TPSA) is 71.9 Å². The summed E-state index contributed by atoms with van der Waals surface area (Å²) in [5, 5.41) is 23.6. The Kier molecular flexibility index (Phi) is 5.52. The third kappa shape index (κ3) is 4.19. The molecular formula is C18H12MnN2O2. The van der Waals surface area contributed by atoms with E-state index in [1.165, 1.54) is 12.1 Å². The normalized spacial score (nSPS) is 9.74. The summed E-state index contributed by atoms with van der Waals surface area (Å²) in [6, 6.07) is 21.6. The van der Waals surface area contributed by atoms with Gasteiger partial charge in [0, 0.05) is 10.8 Å². The zero-order chi connectivity index (χ0) is 15.4. The molecule has 2 aromatic carbocycles. The third-order valence-corrected chi connectivity index (χ3v) is 3.15. The molecule has 0 spiro atoms. The van der Waals surface area contributed by atoms with Crippen LogP contribution < -0.4 is 10.2 Å². The molecule has 0 saturated carbocycles. The van der Waals surface area contributed by atoms with E-state index in [0.717, 1.165) is 21.8 Å². The van der Waals surface area contributed by atoms with E-state index in [2.05, 4.69) is 9.97 Å². The zero-order valence-corrected chi connectivity index (χ0v) is 13.2. The molecule has 0 amide bonds. The average molecular weight is 343 g/mol. The van der Waals surface area contributed by atoms with Crippen LogP contribution in [0.2, 0.25) is 0 Å². The van der Waals surface area contributed by atoms with Crippen molar-refractivity contribution in [2.75, 3.05) is 0 Å². The van der Waals surface area contributed by atoms with Crippen molar-refractivity contribution in [2.45, 2.75) is 0 Å². The minimum Gasteiger partial charge on any atom is -0.859 e. The van der Waals surface area contributed by atoms with E-state index < -0.39 is 0 Å². The van der Waals surface area contributed by atoms with E-state index in [1.54, 1.807) is 12.1 Å². The number of hydrogen-bond acceptors (Lipinski definition) is 4. The number of para-hydroxylation sites is 2. The summed E-state index contributed by atoms with van der Waals surface area (Å²) in [4.78, 5) is 7.64. The fraction of sp³-hybridized carbons (Fsp3) is 0. The molecule has 0 fully saturated rings. The van der Waals surface area contributed by atoms with E-state index in [1.807, 2.05) is 48.5 Å². The van der Waals surface area contributed by atoms with Crippen LogP contribution in [0, 0.1) is 0 Å². The van der Waals surface area contributed by atoms with Crippen molar-refractivity contribution in [1.82, 2.24) is 9.97 Å². The average Bonchev–Trinajstić information content (AvgIpc) is 2.55. The maximum Gasteiger partial charge on any atom is 2.00 e. The van der Waals surface area contributed by atoms with Crippen molar-refractivity contribution in [3.8, 4) is 11.8 Å². The van der Waals surface area contributed by atoms with Crippen molar-refractivity contribution < 1.29 is 27.3 Å². The number of fused-ring (bicyclic) bond motifs is 2. The fourth-order valence-electron chi connectivity index (χ4n) is 2.09. The number of rotatable bonds is 0. The van der Waals surface area contributed by atoms with Crippen LogP contribution in [-0.2, 0) is 17.1 Å². The molecule has 1 radical (unpaired) electrons. The van der Waals surface area contributed by atoms with Gasteiger partial charge in [0.1, 0.15) is 0 Å². The number of benzene rings is 2. The second-order valence-corrected chi connectivity index (χ2v) is 4.68. The Balaban J connectivity index is 0.000000160. The van der Waals surface area contributed by atoms with E-state index in [0.29, 0.717) is 0 Å². The molecule has 2 aromatic heterocycles. The van der Waals surface area contributed by atoms with Crippen LogP contribution >= 0.6 is 0 Å². The van der Waals surface area contributed by atoms with Crippen LogP contribution in [0.4, 0.5) is 0 Å².